The summed E-state index contributed by atoms with van der Waals surface area (Å²) in [4.78, 5) is 1.49. The predicted molar refractivity (Wildman–Crippen MR) is 64.9 cm³/mol. The molecule has 5 heteroatoms. The van der Waals surface area contributed by atoms with E-state index in [1.807, 2.05) is 0 Å². The van der Waals surface area contributed by atoms with Crippen LogP contribution in [0.2, 0.25) is 0 Å². The van der Waals surface area contributed by atoms with E-state index in [-0.39, 0.29) is 12.6 Å². The maximum absolute atomic E-state index is 12.4. The van der Waals surface area contributed by atoms with Crippen molar-refractivity contribution in [1.82, 2.24) is 0 Å². The molecule has 1 rings (SSSR count). The largest absolute Gasteiger partial charge is 0.496 e. The highest BCUT2D eigenvalue weighted by Gasteiger charge is 2.17. The minimum atomic E-state index is -2.38. The van der Waals surface area contributed by atoms with Crippen LogP contribution in [0.3, 0.4) is 0 Å². The first-order chi connectivity index (χ1) is 7.97. The number of hydrogen-bond donors (Lipinski definition) is 1. The van der Waals surface area contributed by atoms with Crippen molar-refractivity contribution >= 4 is 5.69 Å². The average Bonchev–Trinajstić information content (AvgIpc) is 2.26. The molecule has 0 saturated heterocycles. The van der Waals surface area contributed by atoms with Crippen molar-refractivity contribution in [3.05, 3.63) is 23.8 Å². The van der Waals surface area contributed by atoms with Crippen LogP contribution < -0.4 is 15.4 Å². The van der Waals surface area contributed by atoms with Crippen LogP contribution in [0, 0.1) is 0 Å². The summed E-state index contributed by atoms with van der Waals surface area (Å²) in [5.74, 6) is 0.624. The van der Waals surface area contributed by atoms with Gasteiger partial charge in [-0.05, 0) is 19.1 Å². The molecule has 0 aromatic heterocycles. The number of ether oxygens (including phenoxy) is 1. The molecule has 0 aliphatic heterocycles. The van der Waals surface area contributed by atoms with E-state index in [0.717, 1.165) is 5.56 Å². The molecular formula is C12H18F2N2O. The maximum Gasteiger partial charge on any atom is 0.255 e. The van der Waals surface area contributed by atoms with Gasteiger partial charge in [0.05, 0.1) is 13.7 Å². The molecule has 0 radical (unpaired) electrons. The molecule has 1 aromatic carbocycles. The molecule has 0 heterocycles. The Morgan fingerprint density at radius 3 is 2.53 bits per heavy atom. The fourth-order valence-electron chi connectivity index (χ4n) is 1.81. The minimum absolute atomic E-state index is 0.277. The molecule has 3 nitrogen and oxygen atoms in total. The van der Waals surface area contributed by atoms with Gasteiger partial charge in [-0.15, -0.1) is 0 Å². The van der Waals surface area contributed by atoms with E-state index in [2.05, 4.69) is 0 Å². The zero-order valence-electron chi connectivity index (χ0n) is 10.3. The highest BCUT2D eigenvalue weighted by atomic mass is 19.3. The van der Waals surface area contributed by atoms with Gasteiger partial charge >= 0.3 is 0 Å². The first-order valence-corrected chi connectivity index (χ1v) is 5.39. The Labute approximate surface area is 100 Å². The number of anilines is 1. The minimum Gasteiger partial charge on any atom is -0.496 e. The van der Waals surface area contributed by atoms with Gasteiger partial charge in [0.2, 0.25) is 0 Å². The molecular weight excluding hydrogens is 226 g/mol. The highest BCUT2D eigenvalue weighted by Crippen LogP contribution is 2.33. The van der Waals surface area contributed by atoms with E-state index in [1.54, 1.807) is 32.2 Å². The monoisotopic (exact) mass is 244 g/mol. The quantitative estimate of drug-likeness (QED) is 0.864. The number of nitrogens with two attached hydrogens (primary N) is 1. The van der Waals surface area contributed by atoms with Gasteiger partial charge in [-0.1, -0.05) is 6.07 Å². The maximum atomic E-state index is 12.4. The summed E-state index contributed by atoms with van der Waals surface area (Å²) >= 11 is 0. The van der Waals surface area contributed by atoms with Gasteiger partial charge in [-0.2, -0.15) is 0 Å². The number of rotatable bonds is 5. The Kier molecular flexibility index (Phi) is 4.69. The lowest BCUT2D eigenvalue weighted by atomic mass is 10.0. The van der Waals surface area contributed by atoms with Crippen molar-refractivity contribution in [1.29, 1.82) is 0 Å². The third-order valence-electron chi connectivity index (χ3n) is 2.54. The van der Waals surface area contributed by atoms with Crippen LogP contribution in [0.5, 0.6) is 5.75 Å². The van der Waals surface area contributed by atoms with Crippen LogP contribution >= 0.6 is 0 Å². The first kappa shape index (κ1) is 13.7. The van der Waals surface area contributed by atoms with Crippen molar-refractivity contribution in [3.63, 3.8) is 0 Å². The van der Waals surface area contributed by atoms with E-state index >= 15 is 0 Å². The Morgan fingerprint density at radius 2 is 2.06 bits per heavy atom. The van der Waals surface area contributed by atoms with Crippen molar-refractivity contribution in [2.75, 3.05) is 25.6 Å². The predicted octanol–water partition coefficient (Wildman–Crippen LogP) is 2.42. The standard InChI is InChI=1S/C12H18F2N2O/c1-8(15)12-9(16(2)7-11(13)14)5-4-6-10(12)17-3/h4-6,8,11H,7,15H2,1-3H3/t8-/m0/s1. The van der Waals surface area contributed by atoms with E-state index in [4.69, 9.17) is 10.5 Å². The normalized spacial score (nSPS) is 12.6. The van der Waals surface area contributed by atoms with E-state index in [9.17, 15) is 8.78 Å². The number of alkyl halides is 2. The Balaban J connectivity index is 3.13. The van der Waals surface area contributed by atoms with Gasteiger partial charge in [0.15, 0.2) is 0 Å². The van der Waals surface area contributed by atoms with Gasteiger partial charge in [-0.25, -0.2) is 8.78 Å². The van der Waals surface area contributed by atoms with E-state index in [1.165, 1.54) is 12.0 Å². The second-order valence-corrected chi connectivity index (χ2v) is 3.95. The van der Waals surface area contributed by atoms with Crippen molar-refractivity contribution in [3.8, 4) is 5.75 Å². The fraction of sp³-hybridized carbons (Fsp3) is 0.500. The van der Waals surface area contributed by atoms with Crippen LogP contribution in [0.15, 0.2) is 18.2 Å². The first-order valence-electron chi connectivity index (χ1n) is 5.39. The van der Waals surface area contributed by atoms with Crippen LogP contribution in [0.25, 0.3) is 0 Å². The highest BCUT2D eigenvalue weighted by molar-refractivity contribution is 5.60. The molecule has 1 aromatic rings. The van der Waals surface area contributed by atoms with Crippen LogP contribution in [-0.2, 0) is 0 Å². The second kappa shape index (κ2) is 5.82. The lowest BCUT2D eigenvalue weighted by Gasteiger charge is -2.25. The molecule has 17 heavy (non-hydrogen) atoms. The second-order valence-electron chi connectivity index (χ2n) is 3.95. The molecule has 0 aliphatic carbocycles. The molecule has 0 amide bonds. The number of hydrogen-bond acceptors (Lipinski definition) is 3. The molecule has 0 aliphatic rings. The molecule has 96 valence electrons. The summed E-state index contributed by atoms with van der Waals surface area (Å²) in [5.41, 5.74) is 7.29. The van der Waals surface area contributed by atoms with Crippen molar-refractivity contribution in [2.45, 2.75) is 19.4 Å². The third kappa shape index (κ3) is 3.30. The lowest BCUT2D eigenvalue weighted by molar-refractivity contribution is 0.156. The average molecular weight is 244 g/mol. The molecule has 0 saturated carbocycles. The van der Waals surface area contributed by atoms with Gasteiger partial charge in [-0.3, -0.25) is 0 Å². The Morgan fingerprint density at radius 1 is 1.41 bits per heavy atom. The van der Waals surface area contributed by atoms with Gasteiger partial charge in [0, 0.05) is 24.3 Å². The van der Waals surface area contributed by atoms with Gasteiger partial charge in [0.1, 0.15) is 5.75 Å². The molecule has 1 atom stereocenters. The summed E-state index contributed by atoms with van der Waals surface area (Å²) in [6, 6.07) is 5.03. The summed E-state index contributed by atoms with van der Waals surface area (Å²) in [5, 5.41) is 0. The van der Waals surface area contributed by atoms with Crippen molar-refractivity contribution in [2.24, 2.45) is 5.73 Å². The number of nitrogens with zero attached hydrogens (tertiary/aromatic N) is 1. The number of benzene rings is 1. The smallest absolute Gasteiger partial charge is 0.255 e. The molecule has 0 fully saturated rings. The van der Waals surface area contributed by atoms with Gasteiger partial charge < -0.3 is 15.4 Å². The van der Waals surface area contributed by atoms with Crippen LogP contribution in [-0.4, -0.2) is 27.1 Å². The molecule has 0 spiro atoms. The zero-order chi connectivity index (χ0) is 13.0. The van der Waals surface area contributed by atoms with E-state index in [0.29, 0.717) is 11.4 Å². The number of methoxy groups -OCH3 is 1. The lowest BCUT2D eigenvalue weighted by Crippen LogP contribution is -2.26. The Bertz CT molecular complexity index is 370. The Hall–Kier alpha value is -1.36. The van der Waals surface area contributed by atoms with E-state index < -0.39 is 6.43 Å². The van der Waals surface area contributed by atoms with Crippen LogP contribution in [0.1, 0.15) is 18.5 Å². The number of halogens is 2. The van der Waals surface area contributed by atoms with Crippen molar-refractivity contribution < 1.29 is 13.5 Å². The summed E-state index contributed by atoms with van der Waals surface area (Å²) in [7, 11) is 3.16. The topological polar surface area (TPSA) is 38.5 Å². The van der Waals surface area contributed by atoms with Crippen LogP contribution in [0.4, 0.5) is 14.5 Å². The zero-order valence-corrected chi connectivity index (χ0v) is 10.3. The van der Waals surface area contributed by atoms with Gasteiger partial charge in [0.25, 0.3) is 6.43 Å². The molecule has 0 unspecified atom stereocenters. The fourth-order valence-corrected chi connectivity index (χ4v) is 1.81. The molecule has 0 bridgehead atoms. The molecule has 2 N–H and O–H groups in total. The summed E-state index contributed by atoms with van der Waals surface area (Å²) in [6.07, 6.45) is -2.38. The summed E-state index contributed by atoms with van der Waals surface area (Å²) < 4.78 is 30.0. The third-order valence-corrected chi connectivity index (χ3v) is 2.54. The SMILES string of the molecule is COc1cccc(N(C)CC(F)F)c1[C@H](C)N. The summed E-state index contributed by atoms with van der Waals surface area (Å²) in [6.45, 7) is 1.48.